The number of benzene rings is 3. The van der Waals surface area contributed by atoms with E-state index in [1.165, 1.54) is 40.3 Å². The van der Waals surface area contributed by atoms with Crippen molar-refractivity contribution < 1.29 is 51.3 Å². The molecule has 1 saturated heterocycles. The van der Waals surface area contributed by atoms with E-state index in [1.807, 2.05) is 0 Å². The third-order valence-corrected chi connectivity index (χ3v) is 9.11. The molecule has 8 heteroatoms. The molecule has 0 aliphatic carbocycles. The van der Waals surface area contributed by atoms with Gasteiger partial charge in [0.1, 0.15) is 0 Å². The van der Waals surface area contributed by atoms with Crippen molar-refractivity contribution in [2.45, 2.75) is 12.8 Å². The Morgan fingerprint density at radius 2 is 0.871 bits per heavy atom. The van der Waals surface area contributed by atoms with E-state index in [1.54, 1.807) is 0 Å². The van der Waals surface area contributed by atoms with Crippen LogP contribution in [0.1, 0.15) is 12.8 Å². The molecule has 0 amide bonds. The molecular weight excluding hydrogens is 636 g/mol. The Balaban J connectivity index is 0.000000364. The van der Waals surface area contributed by atoms with E-state index in [2.05, 4.69) is 103 Å². The summed E-state index contributed by atoms with van der Waals surface area (Å²) in [5.41, 5.74) is 0. The first-order chi connectivity index (χ1) is 14.3. The van der Waals surface area contributed by atoms with Gasteiger partial charge in [-0.3, -0.25) is 0 Å². The van der Waals surface area contributed by atoms with E-state index in [0.29, 0.717) is 0 Å². The third-order valence-electron chi connectivity index (χ3n) is 4.42. The number of halogens is 1. The van der Waals surface area contributed by atoms with Gasteiger partial charge in [0.2, 0.25) is 0 Å². The van der Waals surface area contributed by atoms with Crippen LogP contribution in [0.25, 0.3) is 0 Å². The first-order valence-corrected chi connectivity index (χ1v) is 13.8. The monoisotopic (exact) mass is 660 g/mol. The van der Waals surface area contributed by atoms with Gasteiger partial charge in [0.15, 0.2) is 0 Å². The summed E-state index contributed by atoms with van der Waals surface area (Å²) in [5, 5.41) is 3.95. The second-order valence-electron chi connectivity index (χ2n) is 6.51. The van der Waals surface area contributed by atoms with Crippen LogP contribution in [0.15, 0.2) is 91.0 Å². The molecule has 31 heavy (non-hydrogen) atoms. The minimum atomic E-state index is -4.94. The largest absolute Gasteiger partial charge is 1.00 e. The second-order valence-corrected chi connectivity index (χ2v) is 11.7. The quantitative estimate of drug-likeness (QED) is 0.295. The zero-order valence-electron chi connectivity index (χ0n) is 16.9. The van der Waals surface area contributed by atoms with Gasteiger partial charge in [0.05, 0.1) is 0 Å². The van der Waals surface area contributed by atoms with Crippen molar-refractivity contribution in [3.05, 3.63) is 91.0 Å². The van der Waals surface area contributed by atoms with E-state index in [9.17, 15) is 0 Å². The molecule has 1 fully saturated rings. The summed E-state index contributed by atoms with van der Waals surface area (Å²) in [7, 11) is -4.94. The van der Waals surface area contributed by atoms with Crippen LogP contribution in [0.4, 0.5) is 0 Å². The van der Waals surface area contributed by atoms with Crippen LogP contribution in [0.5, 0.6) is 0 Å². The van der Waals surface area contributed by atoms with Crippen LogP contribution in [-0.4, -0.2) is 17.8 Å². The minimum Gasteiger partial charge on any atom is -0.222 e. The van der Waals surface area contributed by atoms with Crippen LogP contribution in [0.2, 0.25) is 0 Å². The van der Waals surface area contributed by atoms with Gasteiger partial charge in [-0.1, -0.05) is 97.3 Å². The maximum Gasteiger partial charge on any atom is 1.00 e. The van der Waals surface area contributed by atoms with Crippen LogP contribution in [-0.2, 0) is 22.4 Å². The summed E-state index contributed by atoms with van der Waals surface area (Å²) in [6, 6.07) is 31.9. The zero-order chi connectivity index (χ0) is 21.9. The first kappa shape index (κ1) is 28.2. The van der Waals surface area contributed by atoms with Gasteiger partial charge in [0.25, 0.3) is 0 Å². The molecule has 3 aromatic rings. The Morgan fingerprint density at radius 1 is 0.613 bits per heavy atom. The number of rotatable bonds is 3. The summed E-state index contributed by atoms with van der Waals surface area (Å²) in [4.78, 5) is 0. The first-order valence-electron chi connectivity index (χ1n) is 9.41. The van der Waals surface area contributed by atoms with E-state index >= 15 is 0 Å². The predicted molar refractivity (Wildman–Crippen MR) is 119 cm³/mol. The number of thioether (sulfide) groups is 1. The Kier molecular flexibility index (Phi) is 13.1. The van der Waals surface area contributed by atoms with Crippen LogP contribution >= 0.6 is 18.6 Å². The molecule has 0 spiro atoms. The molecule has 170 valence electrons. The molecule has 4 rings (SSSR count). The van der Waals surface area contributed by atoms with Gasteiger partial charge in [-0.25, -0.2) is 18.6 Å². The molecule has 1 heterocycles. The summed E-state index contributed by atoms with van der Waals surface area (Å²) in [5.74, 6) is 2.83. The standard InChI is InChI=1S/C19H17P.C4H8S.Au.ClHO4/c1-20(17-11-5-2-6-12-17,18-13-7-3-8-14-18)19-15-9-4-10-16-19;1-2-4-5-3-1;;2-1(3,4)5/h2-16H,1H2;1-4H2;;(H,2,3,4,5)/q;;+1;/p-1. The molecule has 1 aliphatic heterocycles. The van der Waals surface area contributed by atoms with Crippen molar-refractivity contribution in [2.24, 2.45) is 0 Å². The van der Waals surface area contributed by atoms with E-state index in [4.69, 9.17) is 24.9 Å². The Labute approximate surface area is 206 Å². The fourth-order valence-electron chi connectivity index (χ4n) is 3.00. The Hall–Kier alpha value is -0.820. The van der Waals surface area contributed by atoms with E-state index < -0.39 is 17.1 Å². The number of hydrogen-bond acceptors (Lipinski definition) is 5. The molecule has 0 unspecified atom stereocenters. The maximum atomic E-state index is 8.49. The SMILES string of the molecule is C1CCSC1.C=P(c1ccccc1)(c1ccccc1)c1ccccc1.[Au+].[O-][Cl+3]([O-])([O-])[O-]. The van der Waals surface area contributed by atoms with Gasteiger partial charge in [-0.05, 0) is 47.1 Å². The van der Waals surface area contributed by atoms with Crippen molar-refractivity contribution in [3.8, 4) is 0 Å². The molecule has 3 aromatic carbocycles. The molecule has 0 bridgehead atoms. The van der Waals surface area contributed by atoms with Crippen molar-refractivity contribution in [1.29, 1.82) is 0 Å². The molecule has 0 N–H and O–H groups in total. The van der Waals surface area contributed by atoms with Gasteiger partial charge < -0.3 is 0 Å². The van der Waals surface area contributed by atoms with Gasteiger partial charge in [0, 0.05) is 0 Å². The summed E-state index contributed by atoms with van der Waals surface area (Å²) in [6.07, 6.45) is 7.62. The smallest absolute Gasteiger partial charge is 0.222 e. The molecule has 0 radical (unpaired) electrons. The molecule has 4 nitrogen and oxygen atoms in total. The number of hydrogen-bond donors (Lipinski definition) is 0. The van der Waals surface area contributed by atoms with Crippen molar-refractivity contribution >= 4 is 40.9 Å². The van der Waals surface area contributed by atoms with Crippen molar-refractivity contribution in [3.63, 3.8) is 0 Å². The summed E-state index contributed by atoms with van der Waals surface area (Å²) >= 11 is 2.07. The molecule has 1 aliphatic rings. The zero-order valence-corrected chi connectivity index (χ0v) is 21.5. The summed E-state index contributed by atoms with van der Waals surface area (Å²) in [6.45, 7) is -1.78. The van der Waals surface area contributed by atoms with Gasteiger partial charge in [-0.15, -0.1) is 10.2 Å². The van der Waals surface area contributed by atoms with Crippen molar-refractivity contribution in [2.75, 3.05) is 11.5 Å². The topological polar surface area (TPSA) is 92.2 Å². The predicted octanol–water partition coefficient (Wildman–Crippen LogP) is 0.167. The van der Waals surface area contributed by atoms with Crippen LogP contribution in [0.3, 0.4) is 0 Å². The maximum absolute atomic E-state index is 8.49. The van der Waals surface area contributed by atoms with Crippen LogP contribution < -0.4 is 34.5 Å². The van der Waals surface area contributed by atoms with Crippen LogP contribution in [0, 0.1) is 10.2 Å². The molecular formula is C23H25AuClO4PS. The van der Waals surface area contributed by atoms with E-state index in [0.717, 1.165) is 0 Å². The fraction of sp³-hybridized carbons (Fsp3) is 0.174. The van der Waals surface area contributed by atoms with Gasteiger partial charge >= 0.3 is 22.4 Å². The van der Waals surface area contributed by atoms with Gasteiger partial charge in [-0.2, -0.15) is 11.8 Å². The van der Waals surface area contributed by atoms with Crippen molar-refractivity contribution in [1.82, 2.24) is 0 Å². The average Bonchev–Trinajstić information content (AvgIpc) is 3.34. The van der Waals surface area contributed by atoms with E-state index in [-0.39, 0.29) is 22.4 Å². The normalized spacial score (nSPS) is 13.0. The Morgan fingerprint density at radius 3 is 1.06 bits per heavy atom. The summed E-state index contributed by atoms with van der Waals surface area (Å²) < 4.78 is 34.0. The molecule has 0 aromatic heterocycles. The molecule has 0 atom stereocenters. The molecule has 0 saturated carbocycles. The third kappa shape index (κ3) is 10.1. The second kappa shape index (κ2) is 14.4. The fourth-order valence-corrected chi connectivity index (χ4v) is 6.96. The minimum absolute atomic E-state index is 0. The Bertz CT molecular complexity index is 788. The average molecular weight is 661 g/mol.